The second-order valence-corrected chi connectivity index (χ2v) is 4.06. The summed E-state index contributed by atoms with van der Waals surface area (Å²) in [5.41, 5.74) is 7.92. The highest BCUT2D eigenvalue weighted by Crippen LogP contribution is 2.20. The number of aromatic nitrogens is 2. The Kier molecular flexibility index (Phi) is 3.23. The lowest BCUT2D eigenvalue weighted by atomic mass is 10.1. The van der Waals surface area contributed by atoms with E-state index in [2.05, 4.69) is 16.0 Å². The van der Waals surface area contributed by atoms with Crippen LogP contribution in [0.3, 0.4) is 0 Å². The van der Waals surface area contributed by atoms with Crippen LogP contribution in [0.25, 0.3) is 0 Å². The van der Waals surface area contributed by atoms with Crippen molar-refractivity contribution in [3.63, 3.8) is 0 Å². The maximum atomic E-state index is 7.31. The van der Waals surface area contributed by atoms with Crippen LogP contribution in [0.5, 0.6) is 11.8 Å². The number of hydrogen-bond donors (Lipinski definition) is 2. The van der Waals surface area contributed by atoms with E-state index in [1.165, 1.54) is 6.20 Å². The quantitative estimate of drug-likeness (QED) is 0.638. The van der Waals surface area contributed by atoms with Crippen LogP contribution in [0, 0.1) is 19.3 Å². The molecule has 0 saturated heterocycles. The second-order valence-electron chi connectivity index (χ2n) is 4.06. The number of nitrogens with zero attached hydrogens (tertiary/aromatic N) is 2. The van der Waals surface area contributed by atoms with Gasteiger partial charge in [0.05, 0.1) is 0 Å². The minimum Gasteiger partial charge on any atom is -0.424 e. The lowest BCUT2D eigenvalue weighted by Gasteiger charge is -2.06. The van der Waals surface area contributed by atoms with Crippen molar-refractivity contribution < 1.29 is 4.74 Å². The lowest BCUT2D eigenvalue weighted by Crippen LogP contribution is -2.13. The van der Waals surface area contributed by atoms with Gasteiger partial charge in [-0.25, -0.2) is 4.98 Å². The van der Waals surface area contributed by atoms with Crippen molar-refractivity contribution in [1.29, 1.82) is 5.41 Å². The number of nitrogens with one attached hydrogen (secondary N) is 1. The summed E-state index contributed by atoms with van der Waals surface area (Å²) in [5, 5.41) is 7.31. The van der Waals surface area contributed by atoms with Crippen molar-refractivity contribution in [2.24, 2.45) is 5.73 Å². The van der Waals surface area contributed by atoms with Gasteiger partial charge >= 0.3 is 6.01 Å². The summed E-state index contributed by atoms with van der Waals surface area (Å²) in [6, 6.07) is 7.61. The Labute approximate surface area is 105 Å². The third-order valence-corrected chi connectivity index (χ3v) is 2.31. The van der Waals surface area contributed by atoms with Gasteiger partial charge in [0, 0.05) is 6.20 Å². The average Bonchev–Trinajstić information content (AvgIpc) is 2.27. The predicted molar refractivity (Wildman–Crippen MR) is 69.0 cm³/mol. The van der Waals surface area contributed by atoms with Crippen molar-refractivity contribution >= 4 is 5.84 Å². The Bertz CT molecular complexity index is 575. The molecule has 0 unspecified atom stereocenters. The van der Waals surface area contributed by atoms with Gasteiger partial charge in [-0.15, -0.1) is 0 Å². The Balaban J connectivity index is 2.28. The average molecular weight is 242 g/mol. The molecule has 0 amide bonds. The number of nitrogen functional groups attached to an aromatic ring is 1. The summed E-state index contributed by atoms with van der Waals surface area (Å²) < 4.78 is 5.56. The molecule has 5 nitrogen and oxygen atoms in total. The van der Waals surface area contributed by atoms with Crippen LogP contribution in [-0.2, 0) is 0 Å². The molecule has 3 N–H and O–H groups in total. The van der Waals surface area contributed by atoms with Crippen molar-refractivity contribution in [2.45, 2.75) is 13.8 Å². The number of nitrogens with two attached hydrogens (primary N) is 1. The molecular formula is C13H14N4O. The Hall–Kier alpha value is -2.43. The highest BCUT2D eigenvalue weighted by molar-refractivity contribution is 5.92. The van der Waals surface area contributed by atoms with Gasteiger partial charge in [0.2, 0.25) is 0 Å². The smallest absolute Gasteiger partial charge is 0.322 e. The molecule has 1 aromatic carbocycles. The van der Waals surface area contributed by atoms with Gasteiger partial charge in [-0.2, -0.15) is 4.98 Å². The molecule has 5 heteroatoms. The number of amidine groups is 1. The molecule has 2 aromatic rings. The summed E-state index contributed by atoms with van der Waals surface area (Å²) in [6.45, 7) is 3.99. The maximum Gasteiger partial charge on any atom is 0.322 e. The summed E-state index contributed by atoms with van der Waals surface area (Å²) in [5.74, 6) is 0.566. The first-order chi connectivity index (χ1) is 8.54. The molecule has 92 valence electrons. The van der Waals surface area contributed by atoms with Crippen molar-refractivity contribution in [3.8, 4) is 11.8 Å². The Morgan fingerprint density at radius 3 is 2.50 bits per heavy atom. The summed E-state index contributed by atoms with van der Waals surface area (Å²) >= 11 is 0. The molecule has 0 atom stereocenters. The van der Waals surface area contributed by atoms with Crippen molar-refractivity contribution in [2.75, 3.05) is 0 Å². The molecule has 0 saturated carbocycles. The SMILES string of the molecule is Cc1cc(C)cc(Oc2nccc(C(=N)N)n2)c1. The van der Waals surface area contributed by atoms with E-state index < -0.39 is 0 Å². The van der Waals surface area contributed by atoms with E-state index in [1.54, 1.807) is 6.07 Å². The predicted octanol–water partition coefficient (Wildman–Crippen LogP) is 2.17. The van der Waals surface area contributed by atoms with Gasteiger partial charge < -0.3 is 10.5 Å². The standard InChI is InChI=1S/C13H14N4O/c1-8-5-9(2)7-10(6-8)18-13-16-4-3-11(17-13)12(14)15/h3-7H,1-2H3,(H3,14,15). The third kappa shape index (κ3) is 2.82. The largest absolute Gasteiger partial charge is 0.424 e. The Morgan fingerprint density at radius 2 is 1.89 bits per heavy atom. The molecule has 0 aliphatic heterocycles. The van der Waals surface area contributed by atoms with Gasteiger partial charge in [-0.3, -0.25) is 5.41 Å². The van der Waals surface area contributed by atoms with Crippen LogP contribution in [0.4, 0.5) is 0 Å². The second kappa shape index (κ2) is 4.83. The van der Waals surface area contributed by atoms with Gasteiger partial charge in [-0.05, 0) is 43.2 Å². The fraction of sp³-hybridized carbons (Fsp3) is 0.154. The highest BCUT2D eigenvalue weighted by atomic mass is 16.5. The normalized spacial score (nSPS) is 10.1. The minimum absolute atomic E-state index is 0.109. The number of rotatable bonds is 3. The van der Waals surface area contributed by atoms with Crippen molar-refractivity contribution in [1.82, 2.24) is 9.97 Å². The van der Waals surface area contributed by atoms with E-state index in [4.69, 9.17) is 15.9 Å². The molecule has 0 spiro atoms. The van der Waals surface area contributed by atoms with Crippen LogP contribution in [0.2, 0.25) is 0 Å². The first kappa shape index (κ1) is 12.0. The van der Waals surface area contributed by atoms with Crippen LogP contribution < -0.4 is 10.5 Å². The monoisotopic (exact) mass is 242 g/mol. The van der Waals surface area contributed by atoms with E-state index in [0.717, 1.165) is 11.1 Å². The fourth-order valence-corrected chi connectivity index (χ4v) is 1.64. The molecule has 0 radical (unpaired) electrons. The fourth-order valence-electron chi connectivity index (χ4n) is 1.64. The molecule has 0 bridgehead atoms. The lowest BCUT2D eigenvalue weighted by molar-refractivity contribution is 0.440. The number of aryl methyl sites for hydroxylation is 2. The molecule has 1 aromatic heterocycles. The Morgan fingerprint density at radius 1 is 1.22 bits per heavy atom. The number of hydrogen-bond acceptors (Lipinski definition) is 4. The van der Waals surface area contributed by atoms with Crippen LogP contribution in [-0.4, -0.2) is 15.8 Å². The summed E-state index contributed by atoms with van der Waals surface area (Å²) in [7, 11) is 0. The molecule has 2 rings (SSSR count). The van der Waals surface area contributed by atoms with Gasteiger partial charge in [0.15, 0.2) is 0 Å². The number of ether oxygens (including phenoxy) is 1. The molecule has 1 heterocycles. The topological polar surface area (TPSA) is 84.9 Å². The van der Waals surface area contributed by atoms with Gasteiger partial charge in [-0.1, -0.05) is 6.07 Å². The zero-order chi connectivity index (χ0) is 13.1. The van der Waals surface area contributed by atoms with Gasteiger partial charge in [0.25, 0.3) is 0 Å². The summed E-state index contributed by atoms with van der Waals surface area (Å²) in [6.07, 6.45) is 1.52. The minimum atomic E-state index is -0.109. The number of benzene rings is 1. The van der Waals surface area contributed by atoms with E-state index in [1.807, 2.05) is 26.0 Å². The third-order valence-electron chi connectivity index (χ3n) is 2.31. The van der Waals surface area contributed by atoms with E-state index in [0.29, 0.717) is 11.4 Å². The zero-order valence-electron chi connectivity index (χ0n) is 10.3. The van der Waals surface area contributed by atoms with E-state index in [-0.39, 0.29) is 11.8 Å². The zero-order valence-corrected chi connectivity index (χ0v) is 10.3. The molecule has 0 fully saturated rings. The van der Waals surface area contributed by atoms with Gasteiger partial charge in [0.1, 0.15) is 17.3 Å². The molecule has 0 aliphatic carbocycles. The van der Waals surface area contributed by atoms with Crippen molar-refractivity contribution in [3.05, 3.63) is 47.3 Å². The maximum absolute atomic E-state index is 7.31. The van der Waals surface area contributed by atoms with Crippen LogP contribution in [0.1, 0.15) is 16.8 Å². The van der Waals surface area contributed by atoms with Crippen LogP contribution >= 0.6 is 0 Å². The van der Waals surface area contributed by atoms with Crippen LogP contribution in [0.15, 0.2) is 30.5 Å². The highest BCUT2D eigenvalue weighted by Gasteiger charge is 2.05. The van der Waals surface area contributed by atoms with E-state index in [9.17, 15) is 0 Å². The van der Waals surface area contributed by atoms with E-state index >= 15 is 0 Å². The molecule has 18 heavy (non-hydrogen) atoms. The molecular weight excluding hydrogens is 228 g/mol. The first-order valence-electron chi connectivity index (χ1n) is 5.48. The first-order valence-corrected chi connectivity index (χ1v) is 5.48. The summed E-state index contributed by atoms with van der Waals surface area (Å²) in [4.78, 5) is 8.03. The molecule has 0 aliphatic rings.